The quantitative estimate of drug-likeness (QED) is 0.772. The molecule has 1 aliphatic rings. The van der Waals surface area contributed by atoms with E-state index in [4.69, 9.17) is 5.73 Å². The summed E-state index contributed by atoms with van der Waals surface area (Å²) in [5.74, 6) is -0.350. The first-order chi connectivity index (χ1) is 8.69. The van der Waals surface area contributed by atoms with E-state index in [0.717, 1.165) is 25.7 Å². The van der Waals surface area contributed by atoms with E-state index in [1.165, 1.54) is 18.2 Å². The van der Waals surface area contributed by atoms with Crippen molar-refractivity contribution in [2.24, 2.45) is 5.73 Å². The van der Waals surface area contributed by atoms with Crippen LogP contribution in [0.25, 0.3) is 0 Å². The van der Waals surface area contributed by atoms with Gasteiger partial charge in [0.05, 0.1) is 0 Å². The summed E-state index contributed by atoms with van der Waals surface area (Å²) in [6, 6.07) is 4.19. The second-order valence-corrected chi connectivity index (χ2v) is 4.59. The Labute approximate surface area is 106 Å². The summed E-state index contributed by atoms with van der Waals surface area (Å²) in [5.41, 5.74) is 6.68. The Balaban J connectivity index is 1.97. The van der Waals surface area contributed by atoms with Gasteiger partial charge in [0.2, 0.25) is 0 Å². The molecule has 1 fully saturated rings. The Kier molecular flexibility index (Phi) is 4.15. The molecule has 0 aromatic heterocycles. The van der Waals surface area contributed by atoms with Crippen LogP contribution < -0.4 is 16.4 Å². The van der Waals surface area contributed by atoms with Gasteiger partial charge in [-0.1, -0.05) is 12.8 Å². The molecule has 1 aliphatic carbocycles. The second-order valence-electron chi connectivity index (χ2n) is 4.59. The number of hydrogen-bond donors (Lipinski definition) is 3. The van der Waals surface area contributed by atoms with Crippen molar-refractivity contribution in [3.63, 3.8) is 0 Å². The van der Waals surface area contributed by atoms with E-state index in [9.17, 15) is 9.18 Å². The fourth-order valence-electron chi connectivity index (χ4n) is 2.27. The lowest BCUT2D eigenvalue weighted by Gasteiger charge is -2.14. The molecule has 1 aromatic rings. The third-order valence-electron chi connectivity index (χ3n) is 3.23. The van der Waals surface area contributed by atoms with Gasteiger partial charge in [-0.05, 0) is 36.6 Å². The van der Waals surface area contributed by atoms with Gasteiger partial charge in [-0.2, -0.15) is 0 Å². The third kappa shape index (κ3) is 3.20. The summed E-state index contributed by atoms with van der Waals surface area (Å²) in [6.07, 6.45) is 4.38. The van der Waals surface area contributed by atoms with E-state index < -0.39 is 0 Å². The number of nitrogens with two attached hydrogens (primary N) is 1. The predicted molar refractivity (Wildman–Crippen MR) is 68.7 cm³/mol. The fraction of sp³-hybridized carbons (Fsp3) is 0.462. The highest BCUT2D eigenvalue weighted by molar-refractivity contribution is 5.90. The van der Waals surface area contributed by atoms with Crippen LogP contribution in [0, 0.1) is 5.82 Å². The van der Waals surface area contributed by atoms with Crippen LogP contribution >= 0.6 is 0 Å². The maximum Gasteiger partial charge on any atom is 0.319 e. The number of nitrogens with one attached hydrogen (secondary N) is 2. The number of urea groups is 1. The molecule has 4 N–H and O–H groups in total. The van der Waals surface area contributed by atoms with Gasteiger partial charge in [0, 0.05) is 18.3 Å². The van der Waals surface area contributed by atoms with Gasteiger partial charge in [-0.25, -0.2) is 9.18 Å². The maximum absolute atomic E-state index is 13.0. The zero-order valence-electron chi connectivity index (χ0n) is 10.2. The van der Waals surface area contributed by atoms with Gasteiger partial charge in [-0.15, -0.1) is 0 Å². The summed E-state index contributed by atoms with van der Waals surface area (Å²) >= 11 is 0. The molecule has 0 spiro atoms. The van der Waals surface area contributed by atoms with Crippen molar-refractivity contribution in [1.82, 2.24) is 5.32 Å². The second kappa shape index (κ2) is 5.82. The molecular weight excluding hydrogens is 233 g/mol. The van der Waals surface area contributed by atoms with Gasteiger partial charge in [-0.3, -0.25) is 0 Å². The number of hydrogen-bond acceptors (Lipinski definition) is 2. The Hall–Kier alpha value is -1.62. The van der Waals surface area contributed by atoms with Crippen molar-refractivity contribution < 1.29 is 9.18 Å². The number of rotatable bonds is 3. The number of carbonyl (C=O) groups is 1. The highest BCUT2D eigenvalue weighted by atomic mass is 19.1. The molecule has 18 heavy (non-hydrogen) atoms. The summed E-state index contributed by atoms with van der Waals surface area (Å²) in [6.45, 7) is 0.191. The first-order valence-electron chi connectivity index (χ1n) is 6.25. The molecule has 0 atom stereocenters. The molecule has 2 amide bonds. The zero-order valence-corrected chi connectivity index (χ0v) is 10.2. The van der Waals surface area contributed by atoms with Crippen molar-refractivity contribution in [3.05, 3.63) is 29.6 Å². The van der Waals surface area contributed by atoms with Gasteiger partial charge in [0.25, 0.3) is 0 Å². The van der Waals surface area contributed by atoms with E-state index in [1.807, 2.05) is 0 Å². The number of halogens is 1. The summed E-state index contributed by atoms with van der Waals surface area (Å²) in [5, 5.41) is 5.63. The van der Waals surface area contributed by atoms with Gasteiger partial charge < -0.3 is 16.4 Å². The van der Waals surface area contributed by atoms with Crippen LogP contribution in [0.2, 0.25) is 0 Å². The van der Waals surface area contributed by atoms with Gasteiger partial charge in [0.15, 0.2) is 0 Å². The summed E-state index contributed by atoms with van der Waals surface area (Å²) < 4.78 is 13.0. The van der Waals surface area contributed by atoms with Gasteiger partial charge in [0.1, 0.15) is 5.82 Å². The first kappa shape index (κ1) is 12.8. The van der Waals surface area contributed by atoms with Crippen molar-refractivity contribution in [1.29, 1.82) is 0 Å². The van der Waals surface area contributed by atoms with Crippen LogP contribution in [0.5, 0.6) is 0 Å². The molecule has 0 radical (unpaired) electrons. The van der Waals surface area contributed by atoms with Crippen LogP contribution in [-0.4, -0.2) is 12.1 Å². The minimum Gasteiger partial charge on any atom is -0.335 e. The van der Waals surface area contributed by atoms with E-state index >= 15 is 0 Å². The lowest BCUT2D eigenvalue weighted by molar-refractivity contribution is 0.248. The van der Waals surface area contributed by atoms with Crippen molar-refractivity contribution in [2.75, 3.05) is 5.32 Å². The Morgan fingerprint density at radius 3 is 2.78 bits per heavy atom. The highest BCUT2D eigenvalue weighted by Crippen LogP contribution is 2.19. The third-order valence-corrected chi connectivity index (χ3v) is 3.23. The normalized spacial score (nSPS) is 15.7. The molecular formula is C13H18FN3O. The average molecular weight is 251 g/mol. The van der Waals surface area contributed by atoms with Crippen molar-refractivity contribution in [3.8, 4) is 0 Å². The van der Waals surface area contributed by atoms with E-state index in [1.54, 1.807) is 0 Å². The molecule has 0 aliphatic heterocycles. The molecule has 1 aromatic carbocycles. The van der Waals surface area contributed by atoms with E-state index in [0.29, 0.717) is 11.3 Å². The molecule has 0 saturated heterocycles. The number of benzene rings is 1. The lowest BCUT2D eigenvalue weighted by atomic mass is 10.1. The maximum atomic E-state index is 13.0. The molecule has 0 unspecified atom stereocenters. The molecule has 0 heterocycles. The van der Waals surface area contributed by atoms with Crippen molar-refractivity contribution in [2.45, 2.75) is 38.3 Å². The Morgan fingerprint density at radius 2 is 2.11 bits per heavy atom. The topological polar surface area (TPSA) is 67.1 Å². The van der Waals surface area contributed by atoms with Crippen LogP contribution in [0.4, 0.5) is 14.9 Å². The smallest absolute Gasteiger partial charge is 0.319 e. The van der Waals surface area contributed by atoms with Crippen molar-refractivity contribution >= 4 is 11.7 Å². The van der Waals surface area contributed by atoms with E-state index in [2.05, 4.69) is 10.6 Å². The van der Waals surface area contributed by atoms with Crippen LogP contribution in [-0.2, 0) is 6.54 Å². The minimum atomic E-state index is -0.350. The SMILES string of the molecule is NCc1cc(F)ccc1NC(=O)NC1CCCC1. The largest absolute Gasteiger partial charge is 0.335 e. The molecule has 5 heteroatoms. The number of amides is 2. The highest BCUT2D eigenvalue weighted by Gasteiger charge is 2.17. The molecule has 98 valence electrons. The summed E-state index contributed by atoms with van der Waals surface area (Å²) in [4.78, 5) is 11.8. The zero-order chi connectivity index (χ0) is 13.0. The number of carbonyl (C=O) groups excluding carboxylic acids is 1. The van der Waals surface area contributed by atoms with Gasteiger partial charge >= 0.3 is 6.03 Å². The monoisotopic (exact) mass is 251 g/mol. The fourth-order valence-corrected chi connectivity index (χ4v) is 2.27. The number of anilines is 1. The molecule has 4 nitrogen and oxygen atoms in total. The first-order valence-corrected chi connectivity index (χ1v) is 6.25. The molecule has 2 rings (SSSR count). The standard InChI is InChI=1S/C13H18FN3O/c14-10-5-6-12(9(7-10)8-15)17-13(18)16-11-3-1-2-4-11/h5-7,11H,1-4,8,15H2,(H2,16,17,18). The Morgan fingerprint density at radius 1 is 1.39 bits per heavy atom. The lowest BCUT2D eigenvalue weighted by Crippen LogP contribution is -2.36. The molecule has 0 bridgehead atoms. The summed E-state index contributed by atoms with van der Waals surface area (Å²) in [7, 11) is 0. The predicted octanol–water partition coefficient (Wildman–Crippen LogP) is 2.35. The average Bonchev–Trinajstić information content (AvgIpc) is 2.84. The minimum absolute atomic E-state index is 0.191. The van der Waals surface area contributed by atoms with E-state index in [-0.39, 0.29) is 24.4 Å². The van der Waals surface area contributed by atoms with Crippen LogP contribution in [0.3, 0.4) is 0 Å². The molecule has 1 saturated carbocycles. The van der Waals surface area contributed by atoms with Crippen LogP contribution in [0.1, 0.15) is 31.2 Å². The van der Waals surface area contributed by atoms with Crippen LogP contribution in [0.15, 0.2) is 18.2 Å². The Bertz CT molecular complexity index is 430.